The molecule has 0 N–H and O–H groups in total. The van der Waals surface area contributed by atoms with Gasteiger partial charge in [0.05, 0.1) is 22.3 Å². The molecule has 0 atom stereocenters. The Labute approximate surface area is 188 Å². The van der Waals surface area contributed by atoms with Crippen LogP contribution in [0.4, 0.5) is 10.8 Å². The van der Waals surface area contributed by atoms with E-state index in [1.54, 1.807) is 29.5 Å². The van der Waals surface area contributed by atoms with Gasteiger partial charge < -0.3 is 0 Å². The number of aromatic nitrogens is 3. The Bertz CT molecular complexity index is 1310. The van der Waals surface area contributed by atoms with Gasteiger partial charge in [-0.3, -0.25) is 19.1 Å². The minimum atomic E-state index is -0.0759. The van der Waals surface area contributed by atoms with Crippen molar-refractivity contribution in [3.63, 3.8) is 0 Å². The number of carbonyl (C=O) groups excluding carboxylic acids is 1. The van der Waals surface area contributed by atoms with E-state index in [1.165, 1.54) is 23.1 Å². The molecule has 0 saturated heterocycles. The highest BCUT2D eigenvalue weighted by molar-refractivity contribution is 7.98. The average molecular weight is 451 g/mol. The zero-order valence-corrected chi connectivity index (χ0v) is 19.2. The molecule has 158 valence electrons. The molecular weight excluding hydrogens is 428 g/mol. The second-order valence-electron chi connectivity index (χ2n) is 7.02. The Kier molecular flexibility index (Phi) is 6.20. The van der Waals surface area contributed by atoms with E-state index < -0.39 is 0 Å². The summed E-state index contributed by atoms with van der Waals surface area (Å²) in [6.07, 6.45) is 0.829. The van der Waals surface area contributed by atoms with Crippen molar-refractivity contribution in [1.29, 1.82) is 0 Å². The van der Waals surface area contributed by atoms with Gasteiger partial charge in [0.1, 0.15) is 0 Å². The normalized spacial score (nSPS) is 11.1. The van der Waals surface area contributed by atoms with Gasteiger partial charge in [-0.25, -0.2) is 9.97 Å². The molecule has 4 rings (SSSR count). The number of anilines is 2. The number of amides is 1. The zero-order valence-electron chi connectivity index (χ0n) is 17.5. The van der Waals surface area contributed by atoms with Crippen LogP contribution in [0, 0.1) is 0 Å². The number of thioether (sulfide) groups is 1. The maximum absolute atomic E-state index is 12.6. The maximum Gasteiger partial charge on any atom is 0.261 e. The van der Waals surface area contributed by atoms with Crippen LogP contribution in [-0.2, 0) is 24.0 Å². The third-order valence-corrected chi connectivity index (χ3v) is 6.89. The van der Waals surface area contributed by atoms with E-state index in [-0.39, 0.29) is 11.5 Å². The van der Waals surface area contributed by atoms with Gasteiger partial charge in [-0.2, -0.15) is 0 Å². The lowest BCUT2D eigenvalue weighted by Gasteiger charge is -2.20. The van der Waals surface area contributed by atoms with Gasteiger partial charge in [-0.05, 0) is 30.2 Å². The predicted molar refractivity (Wildman–Crippen MR) is 127 cm³/mol. The van der Waals surface area contributed by atoms with Crippen LogP contribution in [0.2, 0.25) is 0 Å². The minimum absolute atomic E-state index is 0.0639. The molecule has 6 nitrogen and oxygen atoms in total. The standard InChI is InChI=1S/C23H22N4O2S2/c1-4-16-9-5-8-12-20(16)27(15(2)28)23-24-17(14-31-23)13-30-22-25-19-11-7-6-10-18(19)21(29)26(22)3/h5-12,14H,4,13H2,1-3H3. The summed E-state index contributed by atoms with van der Waals surface area (Å²) in [5.41, 5.74) is 3.42. The van der Waals surface area contributed by atoms with Gasteiger partial charge in [-0.1, -0.05) is 49.0 Å². The molecule has 0 fully saturated rings. The first kappa shape index (κ1) is 21.3. The molecular formula is C23H22N4O2S2. The quantitative estimate of drug-likeness (QED) is 0.308. The highest BCUT2D eigenvalue weighted by Gasteiger charge is 2.20. The van der Waals surface area contributed by atoms with Crippen LogP contribution < -0.4 is 10.5 Å². The summed E-state index contributed by atoms with van der Waals surface area (Å²) in [6, 6.07) is 15.2. The highest BCUT2D eigenvalue weighted by Crippen LogP contribution is 2.33. The molecule has 0 saturated carbocycles. The minimum Gasteiger partial charge on any atom is -0.290 e. The lowest BCUT2D eigenvalue weighted by Crippen LogP contribution is -2.23. The third-order valence-electron chi connectivity index (χ3n) is 4.95. The molecule has 8 heteroatoms. The predicted octanol–water partition coefficient (Wildman–Crippen LogP) is 4.93. The number of thiazole rings is 1. The fourth-order valence-electron chi connectivity index (χ4n) is 3.37. The summed E-state index contributed by atoms with van der Waals surface area (Å²) in [4.78, 5) is 36.0. The summed E-state index contributed by atoms with van der Waals surface area (Å²) in [5.74, 6) is 0.476. The van der Waals surface area contributed by atoms with E-state index in [1.807, 2.05) is 47.8 Å². The van der Waals surface area contributed by atoms with Crippen molar-refractivity contribution in [2.75, 3.05) is 4.90 Å². The van der Waals surface area contributed by atoms with E-state index in [2.05, 4.69) is 11.9 Å². The van der Waals surface area contributed by atoms with Crippen molar-refractivity contribution in [3.8, 4) is 0 Å². The molecule has 0 spiro atoms. The average Bonchev–Trinajstić information content (AvgIpc) is 3.24. The number of nitrogens with zero attached hydrogens (tertiary/aromatic N) is 4. The van der Waals surface area contributed by atoms with Crippen LogP contribution >= 0.6 is 23.1 Å². The number of hydrogen-bond donors (Lipinski definition) is 0. The van der Waals surface area contributed by atoms with Gasteiger partial charge in [-0.15, -0.1) is 11.3 Å². The van der Waals surface area contributed by atoms with Crippen molar-refractivity contribution in [2.45, 2.75) is 31.2 Å². The van der Waals surface area contributed by atoms with Crippen LogP contribution in [0.5, 0.6) is 0 Å². The molecule has 31 heavy (non-hydrogen) atoms. The molecule has 0 aliphatic rings. The van der Waals surface area contributed by atoms with Crippen LogP contribution in [0.25, 0.3) is 10.9 Å². The molecule has 0 unspecified atom stereocenters. The number of para-hydroxylation sites is 2. The van der Waals surface area contributed by atoms with Crippen molar-refractivity contribution in [3.05, 3.63) is 75.5 Å². The lowest BCUT2D eigenvalue weighted by atomic mass is 10.1. The number of rotatable bonds is 6. The molecule has 4 aromatic rings. The summed E-state index contributed by atoms with van der Waals surface area (Å²) >= 11 is 2.90. The molecule has 2 aromatic carbocycles. The first-order valence-corrected chi connectivity index (χ1v) is 11.8. The number of benzene rings is 2. The van der Waals surface area contributed by atoms with E-state index in [0.29, 0.717) is 26.9 Å². The van der Waals surface area contributed by atoms with Crippen molar-refractivity contribution in [1.82, 2.24) is 14.5 Å². The molecule has 0 radical (unpaired) electrons. The fourth-order valence-corrected chi connectivity index (χ4v) is 5.22. The van der Waals surface area contributed by atoms with E-state index in [0.717, 1.165) is 23.4 Å². The molecule has 0 bridgehead atoms. The molecule has 2 aromatic heterocycles. The van der Waals surface area contributed by atoms with Gasteiger partial charge in [0.15, 0.2) is 10.3 Å². The molecule has 0 aliphatic carbocycles. The van der Waals surface area contributed by atoms with Gasteiger partial charge in [0.25, 0.3) is 5.56 Å². The largest absolute Gasteiger partial charge is 0.290 e. The number of fused-ring (bicyclic) bond motifs is 1. The van der Waals surface area contributed by atoms with Crippen molar-refractivity contribution >= 4 is 50.7 Å². The lowest BCUT2D eigenvalue weighted by molar-refractivity contribution is -0.115. The topological polar surface area (TPSA) is 68.1 Å². The Morgan fingerprint density at radius 1 is 1.13 bits per heavy atom. The maximum atomic E-state index is 12.6. The first-order valence-electron chi connectivity index (χ1n) is 9.91. The summed E-state index contributed by atoms with van der Waals surface area (Å²) in [7, 11) is 1.73. The van der Waals surface area contributed by atoms with Gasteiger partial charge in [0.2, 0.25) is 5.91 Å². The molecule has 2 heterocycles. The van der Waals surface area contributed by atoms with E-state index in [9.17, 15) is 9.59 Å². The monoisotopic (exact) mass is 450 g/mol. The summed E-state index contributed by atoms with van der Waals surface area (Å²) in [5, 5.41) is 3.84. The summed E-state index contributed by atoms with van der Waals surface area (Å²) < 4.78 is 1.57. The molecule has 0 aliphatic heterocycles. The Morgan fingerprint density at radius 3 is 2.65 bits per heavy atom. The Hall–Kier alpha value is -2.97. The van der Waals surface area contributed by atoms with E-state index in [4.69, 9.17) is 4.98 Å². The fraction of sp³-hybridized carbons (Fsp3) is 0.217. The van der Waals surface area contributed by atoms with Crippen LogP contribution in [0.1, 0.15) is 25.1 Å². The first-order chi connectivity index (χ1) is 15.0. The van der Waals surface area contributed by atoms with Crippen LogP contribution in [-0.4, -0.2) is 20.4 Å². The number of hydrogen-bond acceptors (Lipinski definition) is 6. The van der Waals surface area contributed by atoms with Gasteiger partial charge >= 0.3 is 0 Å². The number of carbonyl (C=O) groups is 1. The number of aryl methyl sites for hydroxylation is 1. The van der Waals surface area contributed by atoms with Crippen LogP contribution in [0.3, 0.4) is 0 Å². The second-order valence-corrected chi connectivity index (χ2v) is 8.80. The van der Waals surface area contributed by atoms with Gasteiger partial charge in [0, 0.05) is 25.1 Å². The highest BCUT2D eigenvalue weighted by atomic mass is 32.2. The smallest absolute Gasteiger partial charge is 0.261 e. The summed E-state index contributed by atoms with van der Waals surface area (Å²) in [6.45, 7) is 3.62. The Balaban J connectivity index is 1.59. The third kappa shape index (κ3) is 4.26. The van der Waals surface area contributed by atoms with Crippen molar-refractivity contribution in [2.24, 2.45) is 7.05 Å². The SMILES string of the molecule is CCc1ccccc1N(C(C)=O)c1nc(CSc2nc3ccccc3c(=O)n2C)cs1. The van der Waals surface area contributed by atoms with Crippen molar-refractivity contribution < 1.29 is 4.79 Å². The zero-order chi connectivity index (χ0) is 22.0. The Morgan fingerprint density at radius 2 is 1.87 bits per heavy atom. The second kappa shape index (κ2) is 9.03. The van der Waals surface area contributed by atoms with E-state index >= 15 is 0 Å². The molecule has 1 amide bonds. The van der Waals surface area contributed by atoms with Crippen LogP contribution in [0.15, 0.2) is 63.9 Å².